The van der Waals surface area contributed by atoms with Crippen molar-refractivity contribution < 1.29 is 52.5 Å². The van der Waals surface area contributed by atoms with Gasteiger partial charge in [-0.3, -0.25) is 43.7 Å². The third-order valence-electron chi connectivity index (χ3n) is 30.8. The number of fused-ring (bicyclic) bond motifs is 3. The van der Waals surface area contributed by atoms with Crippen molar-refractivity contribution >= 4 is 73.9 Å². The molecule has 7 fully saturated rings. The van der Waals surface area contributed by atoms with Gasteiger partial charge in [-0.05, 0) is 255 Å². The number of unbranched alkanes of at least 4 members (excludes halogenated alkanes) is 6. The molecule has 6 atom stereocenters. The van der Waals surface area contributed by atoms with Crippen LogP contribution in [0.3, 0.4) is 0 Å². The number of ether oxygens (including phenoxy) is 4. The van der Waals surface area contributed by atoms with E-state index in [0.29, 0.717) is 81.8 Å². The molecule has 3 spiro atoms. The molecule has 746 valence electrons. The molecule has 26 nitrogen and oxygen atoms in total. The standard InChI is InChI=1S/C38H53N5O5.C37H51N5O3.C33H45N5O3.3CH4/c1-8-27(44)13-11-10-12-16-38(9-2,42-33(45)29-23-37(29)17-19-43(20-18-37)35(46)48-36(4,5)6)34-39-24-31(41-34)28-21-26-15-14-25(3)40-30(26)22-32(28)47-7;1-5-28(43)10-8-7-9-15-37(6-2,41-34(44)30-22-36(30)16-18-42(19-17-36)24-26-12-13-26)35-38-23-32(40-35)29-20-27-14-11-25(3)39-31(27)21-33(29)45-4;1-5-24(39)10-8-7-9-13-33(6-2,38-30(40)26-20-32(26)14-16-34-17-15-32)31-35-21-28(37-31)25-18-23-12-11-22(3)36-27(23)19-29(25)41-4;;;/h14-15,21-22,24,29H,8-13,16-20,23H2,1-7H3,(H,39,41)(H,42,45);11,14,20-21,23,26,30H,5-10,12-13,15-19,22,24H2,1-4H3,(H,38,40)(H,41,44);11-12,18-19,21,26,34H,5-10,13-17,20H2,1-4H3,(H,35,37)(H,38,40);3*1H4/t29-,38?;30-,37?;26-,33?;;;/m111.../s1. The van der Waals surface area contributed by atoms with Gasteiger partial charge in [-0.1, -0.05) is 121 Å². The third kappa shape index (κ3) is 25.6. The number of pyridine rings is 3. The lowest BCUT2D eigenvalue weighted by atomic mass is 9.86. The van der Waals surface area contributed by atoms with E-state index >= 15 is 0 Å². The average Bonchev–Trinajstić information content (AvgIpc) is 1.63. The predicted octanol–water partition coefficient (Wildman–Crippen LogP) is 22.6. The SMILES string of the molecule is C.C.C.CCC(=O)CCCCCC(CC)(NC(=O)[C@H]1CC12CCN(C(=O)OC(C)(C)C)CC2)c1ncc(-c2cc3ccc(C)nc3cc2OC)[nH]1.CCC(=O)CCCCCC(CC)(NC(=O)[C@H]1CC12CCN(CC1CC1)CC2)c1ncc(-c2cc3ccc(C)nc3cc2OC)[nH]1.CCC(=O)CCCCCC(CC)(NC(=O)[C@H]1CC12CCNCC2)c1ncc(-c2cc3ccc(C)nc3cc2OC)[nH]1. The smallest absolute Gasteiger partial charge is 0.410 e. The number of methoxy groups -OCH3 is 3. The maximum absolute atomic E-state index is 14.1. The van der Waals surface area contributed by atoms with Crippen molar-refractivity contribution in [2.24, 2.45) is 39.9 Å². The number of hydrogen-bond acceptors (Lipinski definition) is 19. The normalized spacial score (nSPS) is 19.0. The van der Waals surface area contributed by atoms with Crippen molar-refractivity contribution in [1.29, 1.82) is 0 Å². The minimum atomic E-state index is -0.701. The highest BCUT2D eigenvalue weighted by Crippen LogP contribution is 2.62. The molecule has 26 heteroatoms. The number of imidazole rings is 3. The first-order valence-corrected chi connectivity index (χ1v) is 50.4. The Labute approximate surface area is 814 Å². The second-order valence-corrected chi connectivity index (χ2v) is 41.0. The second kappa shape index (κ2) is 46.5. The van der Waals surface area contributed by atoms with Crippen LogP contribution in [-0.2, 0) is 50.1 Å². The van der Waals surface area contributed by atoms with E-state index in [1.165, 1.54) is 19.4 Å². The van der Waals surface area contributed by atoms with Gasteiger partial charge in [-0.15, -0.1) is 0 Å². The Bertz CT molecular complexity index is 5620. The van der Waals surface area contributed by atoms with E-state index in [0.717, 1.165) is 286 Å². The number of aromatic amines is 3. The van der Waals surface area contributed by atoms with Gasteiger partial charge in [0.2, 0.25) is 17.7 Å². The van der Waals surface area contributed by atoms with Gasteiger partial charge in [-0.25, -0.2) is 19.7 Å². The summed E-state index contributed by atoms with van der Waals surface area (Å²) in [5.41, 5.74) is 8.52. The number of piperidine rings is 3. The number of ketones is 3. The van der Waals surface area contributed by atoms with Crippen molar-refractivity contribution in [1.82, 2.24) is 75.9 Å². The van der Waals surface area contributed by atoms with Crippen molar-refractivity contribution in [3.8, 4) is 51.0 Å². The maximum Gasteiger partial charge on any atom is 0.410 e. The summed E-state index contributed by atoms with van der Waals surface area (Å²) in [6.45, 7) is 30.4. The van der Waals surface area contributed by atoms with Crippen LogP contribution in [0.2, 0.25) is 0 Å². The number of aryl methyl sites for hydroxylation is 3. The Kier molecular flexibility index (Phi) is 36.3. The number of amides is 4. The first kappa shape index (κ1) is 107. The number of benzene rings is 3. The van der Waals surface area contributed by atoms with E-state index in [1.807, 2.05) is 117 Å². The van der Waals surface area contributed by atoms with Crippen LogP contribution in [0.15, 0.2) is 91.4 Å². The van der Waals surface area contributed by atoms with Crippen molar-refractivity contribution in [3.05, 3.63) is 126 Å². The highest BCUT2D eigenvalue weighted by molar-refractivity contribution is 5.91. The average molecular weight is 1880 g/mol. The lowest BCUT2D eigenvalue weighted by molar-refractivity contribution is -0.126. The Balaban J connectivity index is 0.000000196. The predicted molar refractivity (Wildman–Crippen MR) is 547 cm³/mol. The van der Waals surface area contributed by atoms with Gasteiger partial charge in [0, 0.05) is 144 Å². The monoisotopic (exact) mass is 1880 g/mol. The van der Waals surface area contributed by atoms with Crippen molar-refractivity contribution in [2.75, 3.05) is 67.1 Å². The van der Waals surface area contributed by atoms with Gasteiger partial charge >= 0.3 is 6.09 Å². The summed E-state index contributed by atoms with van der Waals surface area (Å²) < 4.78 is 22.9. The highest BCUT2D eigenvalue weighted by Gasteiger charge is 2.62. The van der Waals surface area contributed by atoms with Crippen LogP contribution in [0, 0.1) is 60.7 Å². The minimum absolute atomic E-state index is 0. The molecule has 9 aromatic rings. The summed E-state index contributed by atoms with van der Waals surface area (Å²) in [4.78, 5) is 134. The van der Waals surface area contributed by atoms with E-state index in [4.69, 9.17) is 33.9 Å². The van der Waals surface area contributed by atoms with E-state index in [9.17, 15) is 33.6 Å². The highest BCUT2D eigenvalue weighted by atomic mass is 16.6. The van der Waals surface area contributed by atoms with Gasteiger partial charge < -0.3 is 65.0 Å². The Morgan fingerprint density at radius 1 is 0.431 bits per heavy atom. The summed E-state index contributed by atoms with van der Waals surface area (Å²) in [5.74, 6) is 6.69. The number of rotatable bonds is 41. The van der Waals surface area contributed by atoms with Crippen LogP contribution < -0.4 is 35.5 Å². The fraction of sp³-hybridized carbons (Fsp3) is 0.613. The number of hydrogen-bond donors (Lipinski definition) is 7. The Hall–Kier alpha value is -10.5. The molecule has 6 aromatic heterocycles. The number of likely N-dealkylation sites (tertiary alicyclic amines) is 2. The Morgan fingerprint density at radius 3 is 1.05 bits per heavy atom. The van der Waals surface area contributed by atoms with E-state index < -0.39 is 22.2 Å². The largest absolute Gasteiger partial charge is 0.496 e. The van der Waals surface area contributed by atoms with Crippen LogP contribution in [-0.4, -0.2) is 169 Å². The van der Waals surface area contributed by atoms with Crippen LogP contribution in [0.4, 0.5) is 4.79 Å². The third-order valence-corrected chi connectivity index (χ3v) is 30.8. The quantitative estimate of drug-likeness (QED) is 0.0175. The van der Waals surface area contributed by atoms with E-state index in [-0.39, 0.29) is 85.9 Å². The lowest BCUT2D eigenvalue weighted by Gasteiger charge is -2.35. The molecule has 7 N–H and O–H groups in total. The Morgan fingerprint density at radius 2 is 0.752 bits per heavy atom. The van der Waals surface area contributed by atoms with Crippen LogP contribution in [0.25, 0.3) is 66.5 Å². The summed E-state index contributed by atoms with van der Waals surface area (Å²) in [5, 5.41) is 17.1. The van der Waals surface area contributed by atoms with Crippen LogP contribution in [0.5, 0.6) is 17.2 Å². The molecule has 3 aromatic carbocycles. The van der Waals surface area contributed by atoms with Crippen LogP contribution in [0.1, 0.15) is 325 Å². The second-order valence-electron chi connectivity index (χ2n) is 41.0. The topological polar surface area (TPSA) is 336 Å². The molecular weight excluding hydrogens is 1720 g/mol. The van der Waals surface area contributed by atoms with Gasteiger partial charge in [0.05, 0.1) is 90.2 Å². The molecule has 3 saturated heterocycles. The maximum atomic E-state index is 14.1. The molecule has 4 aliphatic carbocycles. The molecule has 7 aliphatic rings. The number of nitrogens with one attached hydrogen (secondary N) is 7. The van der Waals surface area contributed by atoms with Gasteiger partial charge in [-0.2, -0.15) is 0 Å². The molecule has 3 aliphatic heterocycles. The molecule has 9 heterocycles. The number of carbonyl (C=O) groups excluding carboxylic acids is 7. The number of nitrogens with zero attached hydrogens (tertiary/aromatic N) is 8. The molecule has 16 rings (SSSR count). The summed E-state index contributed by atoms with van der Waals surface area (Å²) in [6.07, 6.45) is 32.8. The van der Waals surface area contributed by atoms with E-state index in [1.54, 1.807) is 26.2 Å². The molecule has 3 unspecified atom stereocenters. The number of aromatic nitrogens is 9. The molecule has 0 bridgehead atoms. The summed E-state index contributed by atoms with van der Waals surface area (Å²) >= 11 is 0. The van der Waals surface area contributed by atoms with Gasteiger partial charge in [0.25, 0.3) is 0 Å². The molecule has 137 heavy (non-hydrogen) atoms. The summed E-state index contributed by atoms with van der Waals surface area (Å²) in [7, 11) is 5.00. The zero-order valence-corrected chi connectivity index (χ0v) is 82.6. The van der Waals surface area contributed by atoms with Crippen molar-refractivity contribution in [2.45, 2.75) is 333 Å². The minimum Gasteiger partial charge on any atom is -0.496 e. The van der Waals surface area contributed by atoms with Gasteiger partial charge in [0.1, 0.15) is 57.7 Å². The zero-order valence-electron chi connectivity index (χ0n) is 82.6. The first-order chi connectivity index (χ1) is 64.4. The molecule has 0 radical (unpaired) electrons. The molecule has 4 saturated carbocycles. The number of H-pyrrole nitrogens is 3. The first-order valence-electron chi connectivity index (χ1n) is 50.4. The van der Waals surface area contributed by atoms with Gasteiger partial charge in [0.15, 0.2) is 0 Å². The fourth-order valence-electron chi connectivity index (χ4n) is 21.3. The zero-order chi connectivity index (χ0) is 95.3. The lowest BCUT2D eigenvalue weighted by Crippen LogP contribution is -2.48. The van der Waals surface area contributed by atoms with E-state index in [2.05, 4.69) is 113 Å². The summed E-state index contributed by atoms with van der Waals surface area (Å²) in [6, 6.07) is 24.4. The van der Waals surface area contributed by atoms with Crippen LogP contribution >= 0.6 is 0 Å². The van der Waals surface area contributed by atoms with Crippen molar-refractivity contribution in [3.63, 3.8) is 0 Å². The molecule has 4 amide bonds. The molecular formula is C111H161N15O11. The fourth-order valence-corrected chi connectivity index (χ4v) is 21.3. The number of Topliss-reactive ketones (excluding diaryl/α,β-unsaturated/α-hetero) is 3. The number of carbonyl (C=O) groups is 7.